The number of nitrogens with two attached hydrogens (primary N) is 1. The molecule has 1 aromatic rings. The van der Waals surface area contributed by atoms with Gasteiger partial charge in [0, 0.05) is 37.2 Å². The first-order valence-corrected chi connectivity index (χ1v) is 10.4. The summed E-state index contributed by atoms with van der Waals surface area (Å²) in [4.78, 5) is 43.3. The summed E-state index contributed by atoms with van der Waals surface area (Å²) in [7, 11) is 0. The van der Waals surface area contributed by atoms with Crippen LogP contribution in [0.4, 0.5) is 0 Å². The molecule has 0 aromatic carbocycles. The molecule has 0 spiro atoms. The lowest BCUT2D eigenvalue weighted by atomic mass is 9.90. The van der Waals surface area contributed by atoms with Gasteiger partial charge in [0.25, 0.3) is 0 Å². The Bertz CT molecular complexity index is 807. The summed E-state index contributed by atoms with van der Waals surface area (Å²) >= 11 is 0. The van der Waals surface area contributed by atoms with Crippen molar-refractivity contribution in [3.8, 4) is 0 Å². The van der Waals surface area contributed by atoms with Gasteiger partial charge in [-0.3, -0.25) is 19.3 Å². The number of amides is 3. The van der Waals surface area contributed by atoms with Gasteiger partial charge in [-0.15, -0.1) is 0 Å². The van der Waals surface area contributed by atoms with Crippen LogP contribution in [-0.2, 0) is 27.3 Å². The van der Waals surface area contributed by atoms with Gasteiger partial charge in [0.05, 0.1) is 31.2 Å². The van der Waals surface area contributed by atoms with Crippen LogP contribution < -0.4 is 5.73 Å². The van der Waals surface area contributed by atoms with Crippen LogP contribution in [0.2, 0.25) is 0 Å². The Hall–Kier alpha value is -2.42. The number of hydrogen-bond donors (Lipinski definition) is 1. The van der Waals surface area contributed by atoms with E-state index in [2.05, 4.69) is 19.0 Å². The molecule has 0 unspecified atom stereocenters. The average molecular weight is 403 g/mol. The standard InChI is InChI=1S/C20H29N5O4/c1-12(2)5-17-15(20(28)24-4-3-16-13(7-24)11-29-22-16)6-14-8-23(9-18(21)26)10-19(27)25(14)17/h11-12,14-15,17H,3-10H2,1-2H3,(H2,21,26)/t14-,15-,17-/m1/s1. The Morgan fingerprint density at radius 3 is 2.86 bits per heavy atom. The highest BCUT2D eigenvalue weighted by Crippen LogP contribution is 2.38. The summed E-state index contributed by atoms with van der Waals surface area (Å²) in [5.41, 5.74) is 7.21. The van der Waals surface area contributed by atoms with Crippen molar-refractivity contribution in [1.29, 1.82) is 0 Å². The van der Waals surface area contributed by atoms with E-state index in [1.165, 1.54) is 0 Å². The maximum atomic E-state index is 13.5. The summed E-state index contributed by atoms with van der Waals surface area (Å²) in [5.74, 6) is -0.194. The van der Waals surface area contributed by atoms with E-state index in [-0.39, 0.29) is 42.9 Å². The lowest BCUT2D eigenvalue weighted by Crippen LogP contribution is -2.57. The second kappa shape index (κ2) is 7.78. The summed E-state index contributed by atoms with van der Waals surface area (Å²) in [6, 6.07) is -0.149. The van der Waals surface area contributed by atoms with Crippen molar-refractivity contribution in [2.75, 3.05) is 26.2 Å². The Kier molecular flexibility index (Phi) is 5.33. The monoisotopic (exact) mass is 403 g/mol. The first-order valence-electron chi connectivity index (χ1n) is 10.4. The lowest BCUT2D eigenvalue weighted by molar-refractivity contribution is -0.142. The van der Waals surface area contributed by atoms with E-state index in [1.807, 2.05) is 9.80 Å². The molecule has 0 radical (unpaired) electrons. The molecular formula is C20H29N5O4. The molecule has 29 heavy (non-hydrogen) atoms. The van der Waals surface area contributed by atoms with E-state index < -0.39 is 5.91 Å². The van der Waals surface area contributed by atoms with Crippen LogP contribution in [0.3, 0.4) is 0 Å². The van der Waals surface area contributed by atoms with Crippen LogP contribution in [0.5, 0.6) is 0 Å². The SMILES string of the molecule is CC(C)C[C@@H]1[C@H](C(=O)N2CCc3nocc3C2)C[C@@H]2CN(CC(N)=O)CC(=O)N21. The van der Waals surface area contributed by atoms with Crippen molar-refractivity contribution >= 4 is 17.7 Å². The van der Waals surface area contributed by atoms with Gasteiger partial charge in [0.1, 0.15) is 6.26 Å². The lowest BCUT2D eigenvalue weighted by Gasteiger charge is -2.40. The normalized spacial score (nSPS) is 27.3. The molecule has 3 aliphatic rings. The number of nitrogens with zero attached hydrogens (tertiary/aromatic N) is 4. The zero-order chi connectivity index (χ0) is 20.7. The van der Waals surface area contributed by atoms with Gasteiger partial charge in [0.15, 0.2) is 0 Å². The fraction of sp³-hybridized carbons (Fsp3) is 0.700. The van der Waals surface area contributed by atoms with Gasteiger partial charge >= 0.3 is 0 Å². The van der Waals surface area contributed by atoms with Crippen molar-refractivity contribution in [1.82, 2.24) is 19.9 Å². The number of primary amides is 1. The fourth-order valence-corrected chi connectivity index (χ4v) is 5.15. The Balaban J connectivity index is 1.53. The van der Waals surface area contributed by atoms with E-state index in [1.54, 1.807) is 11.2 Å². The van der Waals surface area contributed by atoms with Gasteiger partial charge in [0.2, 0.25) is 17.7 Å². The van der Waals surface area contributed by atoms with Gasteiger partial charge < -0.3 is 20.1 Å². The minimum Gasteiger partial charge on any atom is -0.369 e. The first kappa shape index (κ1) is 19.9. The molecule has 2 N–H and O–H groups in total. The minimum absolute atomic E-state index is 0.0107. The molecule has 2 fully saturated rings. The zero-order valence-corrected chi connectivity index (χ0v) is 17.0. The summed E-state index contributed by atoms with van der Waals surface area (Å²) in [6.07, 6.45) is 3.73. The van der Waals surface area contributed by atoms with Crippen LogP contribution >= 0.6 is 0 Å². The Labute approximate surface area is 170 Å². The molecule has 4 heterocycles. The predicted octanol–water partition coefficient (Wildman–Crippen LogP) is -0.00800. The van der Waals surface area contributed by atoms with Crippen molar-refractivity contribution in [2.24, 2.45) is 17.6 Å². The fourth-order valence-electron chi connectivity index (χ4n) is 5.15. The Morgan fingerprint density at radius 1 is 1.34 bits per heavy atom. The molecule has 9 heteroatoms. The van der Waals surface area contributed by atoms with E-state index in [0.717, 1.165) is 17.7 Å². The highest BCUT2D eigenvalue weighted by Gasteiger charge is 2.50. The maximum Gasteiger partial charge on any atom is 0.237 e. The van der Waals surface area contributed by atoms with Crippen LogP contribution in [0.15, 0.2) is 10.8 Å². The topological polar surface area (TPSA) is 113 Å². The summed E-state index contributed by atoms with van der Waals surface area (Å²) in [6.45, 7) is 6.21. The highest BCUT2D eigenvalue weighted by molar-refractivity contribution is 5.85. The van der Waals surface area contributed by atoms with Gasteiger partial charge in [-0.1, -0.05) is 19.0 Å². The maximum absolute atomic E-state index is 13.5. The van der Waals surface area contributed by atoms with Crippen molar-refractivity contribution < 1.29 is 18.9 Å². The van der Waals surface area contributed by atoms with E-state index in [9.17, 15) is 14.4 Å². The molecule has 1 aromatic heterocycles. The van der Waals surface area contributed by atoms with E-state index >= 15 is 0 Å². The number of carbonyl (C=O) groups excluding carboxylic acids is 3. The molecule has 9 nitrogen and oxygen atoms in total. The van der Waals surface area contributed by atoms with Gasteiger partial charge in [-0.2, -0.15) is 0 Å². The van der Waals surface area contributed by atoms with Crippen LogP contribution in [0.1, 0.15) is 37.9 Å². The quantitative estimate of drug-likeness (QED) is 0.740. The van der Waals surface area contributed by atoms with Crippen LogP contribution in [0, 0.1) is 11.8 Å². The molecule has 2 saturated heterocycles. The van der Waals surface area contributed by atoms with E-state index in [4.69, 9.17) is 10.3 Å². The summed E-state index contributed by atoms with van der Waals surface area (Å²) < 4.78 is 5.05. The van der Waals surface area contributed by atoms with Crippen molar-refractivity contribution in [2.45, 2.75) is 51.7 Å². The third kappa shape index (κ3) is 3.88. The molecule has 4 rings (SSSR count). The Morgan fingerprint density at radius 2 is 2.14 bits per heavy atom. The number of rotatable bonds is 5. The van der Waals surface area contributed by atoms with Gasteiger partial charge in [-0.25, -0.2) is 0 Å². The molecule has 3 amide bonds. The molecule has 0 bridgehead atoms. The molecular weight excluding hydrogens is 374 g/mol. The molecule has 0 aliphatic carbocycles. The second-order valence-corrected chi connectivity index (χ2v) is 8.93. The smallest absolute Gasteiger partial charge is 0.237 e. The average Bonchev–Trinajstić information content (AvgIpc) is 3.24. The number of piperazine rings is 1. The van der Waals surface area contributed by atoms with Crippen molar-refractivity contribution in [3.63, 3.8) is 0 Å². The minimum atomic E-state index is -0.437. The second-order valence-electron chi connectivity index (χ2n) is 8.93. The summed E-state index contributed by atoms with van der Waals surface area (Å²) in [5, 5.41) is 3.99. The third-order valence-corrected chi connectivity index (χ3v) is 6.29. The molecule has 3 atom stereocenters. The number of carbonyl (C=O) groups is 3. The largest absolute Gasteiger partial charge is 0.369 e. The first-order chi connectivity index (χ1) is 13.8. The van der Waals surface area contributed by atoms with Crippen molar-refractivity contribution in [3.05, 3.63) is 17.5 Å². The van der Waals surface area contributed by atoms with E-state index in [0.29, 0.717) is 38.4 Å². The number of fused-ring (bicyclic) bond motifs is 2. The third-order valence-electron chi connectivity index (χ3n) is 6.29. The molecule has 3 aliphatic heterocycles. The van der Waals surface area contributed by atoms with Crippen LogP contribution in [0.25, 0.3) is 0 Å². The van der Waals surface area contributed by atoms with Crippen LogP contribution in [-0.4, -0.2) is 75.8 Å². The predicted molar refractivity (Wildman–Crippen MR) is 103 cm³/mol. The zero-order valence-electron chi connectivity index (χ0n) is 17.0. The molecule has 158 valence electrons. The number of aromatic nitrogens is 1. The molecule has 0 saturated carbocycles. The number of hydrogen-bond acceptors (Lipinski definition) is 6. The van der Waals surface area contributed by atoms with Gasteiger partial charge in [-0.05, 0) is 18.8 Å². The highest BCUT2D eigenvalue weighted by atomic mass is 16.5.